The van der Waals surface area contributed by atoms with E-state index in [1.807, 2.05) is 0 Å². The molecule has 0 amide bonds. The molecule has 30 heavy (non-hydrogen) atoms. The molecule has 0 aliphatic carbocycles. The first-order valence-electron chi connectivity index (χ1n) is 9.28. The normalized spacial score (nSPS) is 14.2. The van der Waals surface area contributed by atoms with Crippen molar-refractivity contribution in [3.63, 3.8) is 0 Å². The molecule has 0 radical (unpaired) electrons. The number of esters is 1. The first kappa shape index (κ1) is 21.2. The Hall–Kier alpha value is -3.48. The van der Waals surface area contributed by atoms with Crippen molar-refractivity contribution in [1.82, 2.24) is 0 Å². The van der Waals surface area contributed by atoms with Crippen molar-refractivity contribution in [3.05, 3.63) is 47.2 Å². The minimum Gasteiger partial charge on any atom is -0.493 e. The van der Waals surface area contributed by atoms with Gasteiger partial charge in [0.15, 0.2) is 17.3 Å². The van der Waals surface area contributed by atoms with Crippen molar-refractivity contribution in [2.45, 2.75) is 20.8 Å². The molecule has 0 N–H and O–H groups in total. The average Bonchev–Trinajstić information content (AvgIpc) is 3.01. The van der Waals surface area contributed by atoms with Crippen LogP contribution in [0.2, 0.25) is 0 Å². The van der Waals surface area contributed by atoms with Crippen molar-refractivity contribution in [2.75, 3.05) is 21.3 Å². The summed E-state index contributed by atoms with van der Waals surface area (Å²) in [5.74, 6) is 1.51. The molecule has 0 saturated carbocycles. The van der Waals surface area contributed by atoms with Crippen LogP contribution in [0.25, 0.3) is 6.08 Å². The van der Waals surface area contributed by atoms with Gasteiger partial charge in [-0.2, -0.15) is 0 Å². The number of ether oxygens (including phenoxy) is 5. The van der Waals surface area contributed by atoms with Crippen LogP contribution in [0.4, 0.5) is 0 Å². The van der Waals surface area contributed by atoms with Crippen LogP contribution in [0.5, 0.6) is 28.7 Å². The van der Waals surface area contributed by atoms with Crippen molar-refractivity contribution in [1.29, 1.82) is 0 Å². The first-order chi connectivity index (χ1) is 14.2. The molecule has 0 bridgehead atoms. The second kappa shape index (κ2) is 8.10. The summed E-state index contributed by atoms with van der Waals surface area (Å²) in [6, 6.07) is 8.12. The fraction of sp³-hybridized carbons (Fsp3) is 0.304. The van der Waals surface area contributed by atoms with Crippen LogP contribution >= 0.6 is 0 Å². The van der Waals surface area contributed by atoms with Gasteiger partial charge in [-0.05, 0) is 56.7 Å². The van der Waals surface area contributed by atoms with Crippen LogP contribution in [0.15, 0.2) is 36.1 Å². The van der Waals surface area contributed by atoms with E-state index >= 15 is 0 Å². The number of methoxy groups -OCH3 is 3. The molecule has 0 atom stereocenters. The number of benzene rings is 2. The number of hydrogen-bond acceptors (Lipinski definition) is 7. The zero-order chi connectivity index (χ0) is 22.1. The highest BCUT2D eigenvalue weighted by Crippen LogP contribution is 2.40. The summed E-state index contributed by atoms with van der Waals surface area (Å²) in [7, 11) is 4.55. The Balaban J connectivity index is 1.91. The van der Waals surface area contributed by atoms with E-state index in [9.17, 15) is 9.59 Å². The Bertz CT molecular complexity index is 1000. The number of hydrogen-bond donors (Lipinski definition) is 0. The first-order valence-corrected chi connectivity index (χ1v) is 9.28. The summed E-state index contributed by atoms with van der Waals surface area (Å²) < 4.78 is 27.1. The van der Waals surface area contributed by atoms with E-state index in [1.165, 1.54) is 27.4 Å². The summed E-state index contributed by atoms with van der Waals surface area (Å²) in [5, 5.41) is 0. The Morgan fingerprint density at radius 1 is 0.967 bits per heavy atom. The molecule has 3 rings (SSSR count). The molecule has 7 nitrogen and oxygen atoms in total. The maximum Gasteiger partial charge on any atom is 0.316 e. The molecule has 0 saturated heterocycles. The van der Waals surface area contributed by atoms with Crippen LogP contribution in [0, 0.1) is 5.41 Å². The van der Waals surface area contributed by atoms with Gasteiger partial charge in [-0.3, -0.25) is 9.59 Å². The lowest BCUT2D eigenvalue weighted by molar-refractivity contribution is -0.143. The summed E-state index contributed by atoms with van der Waals surface area (Å²) in [6.45, 7) is 5.29. The van der Waals surface area contributed by atoms with Gasteiger partial charge in [-0.15, -0.1) is 0 Å². The molecule has 0 fully saturated rings. The van der Waals surface area contributed by atoms with Crippen molar-refractivity contribution in [2.24, 2.45) is 5.41 Å². The standard InChI is InChI=1S/C23H24O7/c1-23(2,3)22(25)29-14-7-8-15-16(12-14)30-17(20(15)24)9-13-10-18(26-4)21(28-6)19(11-13)27-5/h7-12H,1-6H3/b17-9-. The summed E-state index contributed by atoms with van der Waals surface area (Å²) in [6.07, 6.45) is 1.59. The zero-order valence-electron chi connectivity index (χ0n) is 17.8. The Morgan fingerprint density at radius 3 is 2.13 bits per heavy atom. The summed E-state index contributed by atoms with van der Waals surface area (Å²) in [4.78, 5) is 24.8. The maximum absolute atomic E-state index is 12.7. The van der Waals surface area contributed by atoms with Gasteiger partial charge in [0.05, 0.1) is 32.3 Å². The second-order valence-corrected chi connectivity index (χ2v) is 7.70. The average molecular weight is 412 g/mol. The minimum absolute atomic E-state index is 0.138. The molecule has 0 unspecified atom stereocenters. The predicted octanol–water partition coefficient (Wildman–Crippen LogP) is 4.28. The monoisotopic (exact) mass is 412 g/mol. The highest BCUT2D eigenvalue weighted by atomic mass is 16.5. The quantitative estimate of drug-likeness (QED) is 0.412. The number of rotatable bonds is 5. The van der Waals surface area contributed by atoms with Gasteiger partial charge in [-0.25, -0.2) is 0 Å². The third-order valence-electron chi connectivity index (χ3n) is 4.45. The Kier molecular flexibility index (Phi) is 5.73. The molecule has 2 aromatic rings. The van der Waals surface area contributed by atoms with Crippen LogP contribution < -0.4 is 23.7 Å². The van der Waals surface area contributed by atoms with E-state index < -0.39 is 5.41 Å². The highest BCUT2D eigenvalue weighted by molar-refractivity contribution is 6.14. The van der Waals surface area contributed by atoms with E-state index in [0.29, 0.717) is 39.9 Å². The molecular weight excluding hydrogens is 388 g/mol. The fourth-order valence-corrected chi connectivity index (χ4v) is 2.83. The number of fused-ring (bicyclic) bond motifs is 1. The van der Waals surface area contributed by atoms with Crippen molar-refractivity contribution < 1.29 is 33.3 Å². The van der Waals surface area contributed by atoms with Gasteiger partial charge in [-0.1, -0.05) is 0 Å². The van der Waals surface area contributed by atoms with Crippen LogP contribution in [-0.2, 0) is 4.79 Å². The highest BCUT2D eigenvalue weighted by Gasteiger charge is 2.29. The number of carbonyl (C=O) groups excluding carboxylic acids is 2. The molecular formula is C23H24O7. The molecule has 1 aliphatic heterocycles. The van der Waals surface area contributed by atoms with Crippen LogP contribution in [0.3, 0.4) is 0 Å². The van der Waals surface area contributed by atoms with Gasteiger partial charge < -0.3 is 23.7 Å². The molecule has 158 valence electrons. The summed E-state index contributed by atoms with van der Waals surface area (Å²) >= 11 is 0. The number of allylic oxidation sites excluding steroid dienone is 1. The Labute approximate surface area is 175 Å². The van der Waals surface area contributed by atoms with Gasteiger partial charge in [0.2, 0.25) is 11.5 Å². The fourth-order valence-electron chi connectivity index (χ4n) is 2.83. The van der Waals surface area contributed by atoms with Gasteiger partial charge in [0, 0.05) is 6.07 Å². The number of Topliss-reactive ketones (excluding diaryl/α,β-unsaturated/α-hetero) is 1. The molecule has 7 heteroatoms. The van der Waals surface area contributed by atoms with E-state index in [2.05, 4.69) is 0 Å². The third-order valence-corrected chi connectivity index (χ3v) is 4.45. The van der Waals surface area contributed by atoms with E-state index in [1.54, 1.807) is 51.1 Å². The third kappa shape index (κ3) is 4.10. The molecule has 1 aliphatic rings. The minimum atomic E-state index is -0.646. The smallest absolute Gasteiger partial charge is 0.316 e. The lowest BCUT2D eigenvalue weighted by atomic mass is 9.97. The van der Waals surface area contributed by atoms with E-state index in [-0.39, 0.29) is 17.5 Å². The van der Waals surface area contributed by atoms with Crippen molar-refractivity contribution in [3.8, 4) is 28.7 Å². The molecule has 2 aromatic carbocycles. The van der Waals surface area contributed by atoms with Gasteiger partial charge >= 0.3 is 5.97 Å². The molecule has 0 spiro atoms. The predicted molar refractivity (Wildman–Crippen MR) is 111 cm³/mol. The Morgan fingerprint density at radius 2 is 1.60 bits per heavy atom. The number of carbonyl (C=O) groups is 2. The zero-order valence-corrected chi connectivity index (χ0v) is 17.8. The van der Waals surface area contributed by atoms with Crippen LogP contribution in [0.1, 0.15) is 36.7 Å². The maximum atomic E-state index is 12.7. The number of ketones is 1. The SMILES string of the molecule is COc1cc(/C=C2\Oc3cc(OC(=O)C(C)(C)C)ccc3C2=O)cc(OC)c1OC. The second-order valence-electron chi connectivity index (χ2n) is 7.70. The largest absolute Gasteiger partial charge is 0.493 e. The van der Waals surface area contributed by atoms with Gasteiger partial charge in [0.1, 0.15) is 11.5 Å². The van der Waals surface area contributed by atoms with Crippen LogP contribution in [-0.4, -0.2) is 33.1 Å². The molecule has 0 aromatic heterocycles. The molecule has 1 heterocycles. The van der Waals surface area contributed by atoms with E-state index in [4.69, 9.17) is 23.7 Å². The van der Waals surface area contributed by atoms with E-state index in [0.717, 1.165) is 0 Å². The van der Waals surface area contributed by atoms with Gasteiger partial charge in [0.25, 0.3) is 0 Å². The topological polar surface area (TPSA) is 80.3 Å². The summed E-state index contributed by atoms with van der Waals surface area (Å²) in [5.41, 5.74) is 0.386. The lowest BCUT2D eigenvalue weighted by Gasteiger charge is -2.16. The lowest BCUT2D eigenvalue weighted by Crippen LogP contribution is -2.25. The van der Waals surface area contributed by atoms with Crippen molar-refractivity contribution >= 4 is 17.8 Å².